The van der Waals surface area contributed by atoms with Crippen molar-refractivity contribution in [2.45, 2.75) is 31.9 Å². The van der Waals surface area contributed by atoms with Crippen LogP contribution in [0.15, 0.2) is 48.4 Å². The number of hydrogen-bond acceptors (Lipinski definition) is 4. The van der Waals surface area contributed by atoms with Crippen LogP contribution >= 0.6 is 23.1 Å². The van der Waals surface area contributed by atoms with Gasteiger partial charge in [-0.1, -0.05) is 49.8 Å². The van der Waals surface area contributed by atoms with Gasteiger partial charge in [-0.05, 0) is 19.1 Å². The minimum atomic E-state index is -0.0689. The van der Waals surface area contributed by atoms with Crippen molar-refractivity contribution in [3.8, 4) is 11.3 Å². The van der Waals surface area contributed by atoms with E-state index in [0.717, 1.165) is 35.0 Å². The van der Waals surface area contributed by atoms with Gasteiger partial charge in [0.15, 0.2) is 5.13 Å². The topological polar surface area (TPSA) is 33.2 Å². The third-order valence-electron chi connectivity index (χ3n) is 3.58. The van der Waals surface area contributed by atoms with E-state index in [9.17, 15) is 4.79 Å². The molecule has 1 aromatic heterocycles. The Labute approximate surface area is 152 Å². The molecule has 5 heteroatoms. The van der Waals surface area contributed by atoms with Gasteiger partial charge >= 0.3 is 0 Å². The molecule has 1 amide bonds. The molecule has 1 unspecified atom stereocenters. The molecule has 3 nitrogen and oxygen atoms in total. The Morgan fingerprint density at radius 1 is 1.42 bits per heavy atom. The van der Waals surface area contributed by atoms with Gasteiger partial charge in [0, 0.05) is 17.5 Å². The van der Waals surface area contributed by atoms with Crippen LogP contribution in [0.2, 0.25) is 0 Å². The zero-order valence-electron chi connectivity index (χ0n) is 14.3. The first-order valence-corrected chi connectivity index (χ1v) is 10.1. The molecule has 0 N–H and O–H groups in total. The zero-order chi connectivity index (χ0) is 17.4. The summed E-state index contributed by atoms with van der Waals surface area (Å²) in [6.07, 6.45) is 4.04. The van der Waals surface area contributed by atoms with Gasteiger partial charge in [-0.25, -0.2) is 4.98 Å². The molecule has 0 aliphatic heterocycles. The summed E-state index contributed by atoms with van der Waals surface area (Å²) in [5.74, 6) is 1.11. The fraction of sp³-hybridized carbons (Fsp3) is 0.368. The van der Waals surface area contributed by atoms with Crippen LogP contribution in [-0.4, -0.2) is 28.4 Å². The van der Waals surface area contributed by atoms with Crippen LogP contribution < -0.4 is 4.90 Å². The summed E-state index contributed by atoms with van der Waals surface area (Å²) in [6.45, 7) is 8.41. The number of carbonyl (C=O) groups is 1. The lowest BCUT2D eigenvalue weighted by atomic mass is 10.2. The second kappa shape index (κ2) is 9.64. The molecule has 1 heterocycles. The summed E-state index contributed by atoms with van der Waals surface area (Å²) in [5.41, 5.74) is 1.97. The molecule has 0 saturated heterocycles. The van der Waals surface area contributed by atoms with E-state index in [-0.39, 0.29) is 11.2 Å². The van der Waals surface area contributed by atoms with E-state index in [2.05, 4.69) is 18.5 Å². The third kappa shape index (κ3) is 4.95. The number of anilines is 1. The van der Waals surface area contributed by atoms with Gasteiger partial charge in [0.05, 0.1) is 10.9 Å². The van der Waals surface area contributed by atoms with Crippen molar-refractivity contribution in [3.05, 3.63) is 48.4 Å². The van der Waals surface area contributed by atoms with E-state index in [1.165, 1.54) is 11.3 Å². The summed E-state index contributed by atoms with van der Waals surface area (Å²) in [4.78, 5) is 19.2. The SMILES string of the molecule is C=CCN(C(=O)C(C)SCCCC)c1nc(-c2ccccc2)cs1. The molecule has 0 bridgehead atoms. The van der Waals surface area contributed by atoms with E-state index in [4.69, 9.17) is 0 Å². The second-order valence-corrected chi connectivity index (χ2v) is 7.77. The Hall–Kier alpha value is -1.59. The number of benzene rings is 1. The minimum Gasteiger partial charge on any atom is -0.283 e. The minimum absolute atomic E-state index is 0.0689. The molecule has 0 spiro atoms. The number of hydrogen-bond donors (Lipinski definition) is 0. The monoisotopic (exact) mass is 360 g/mol. The standard InChI is InChI=1S/C19H24N2OS2/c1-4-6-13-23-15(3)18(22)21(12-5-2)19-20-17(14-24-19)16-10-8-7-9-11-16/h5,7-11,14-15H,2,4,6,12-13H2,1,3H3. The van der Waals surface area contributed by atoms with Gasteiger partial charge in [0.2, 0.25) is 5.91 Å². The van der Waals surface area contributed by atoms with E-state index in [0.29, 0.717) is 6.54 Å². The summed E-state index contributed by atoms with van der Waals surface area (Å²) in [7, 11) is 0. The predicted molar refractivity (Wildman–Crippen MR) is 107 cm³/mol. The summed E-state index contributed by atoms with van der Waals surface area (Å²) < 4.78 is 0. The van der Waals surface area contributed by atoms with Crippen molar-refractivity contribution < 1.29 is 4.79 Å². The molecule has 1 atom stereocenters. The molecular formula is C19H24N2OS2. The lowest BCUT2D eigenvalue weighted by Crippen LogP contribution is -2.37. The number of thiazole rings is 1. The van der Waals surface area contributed by atoms with E-state index < -0.39 is 0 Å². The molecule has 2 rings (SSSR count). The van der Waals surface area contributed by atoms with Crippen molar-refractivity contribution in [1.29, 1.82) is 0 Å². The molecule has 2 aromatic rings. The first-order chi connectivity index (χ1) is 11.7. The molecule has 0 radical (unpaired) electrons. The fourth-order valence-corrected chi connectivity index (χ4v) is 4.14. The van der Waals surface area contributed by atoms with Crippen LogP contribution in [0.5, 0.6) is 0 Å². The van der Waals surface area contributed by atoms with E-state index in [1.54, 1.807) is 22.7 Å². The number of carbonyl (C=O) groups excluding carboxylic acids is 1. The number of aromatic nitrogens is 1. The highest BCUT2D eigenvalue weighted by Crippen LogP contribution is 2.29. The van der Waals surface area contributed by atoms with Gasteiger partial charge in [-0.15, -0.1) is 29.7 Å². The van der Waals surface area contributed by atoms with Crippen LogP contribution in [0.1, 0.15) is 26.7 Å². The second-order valence-electron chi connectivity index (χ2n) is 5.49. The first-order valence-electron chi connectivity index (χ1n) is 8.22. The van der Waals surface area contributed by atoms with Crippen molar-refractivity contribution in [2.75, 3.05) is 17.2 Å². The number of nitrogens with zero attached hydrogens (tertiary/aromatic N) is 2. The number of rotatable bonds is 9. The van der Waals surface area contributed by atoms with Gasteiger partial charge in [-0.2, -0.15) is 0 Å². The third-order valence-corrected chi connectivity index (χ3v) is 5.67. The largest absolute Gasteiger partial charge is 0.283 e. The fourth-order valence-electron chi connectivity index (χ4n) is 2.22. The maximum Gasteiger partial charge on any atom is 0.241 e. The van der Waals surface area contributed by atoms with Crippen molar-refractivity contribution in [1.82, 2.24) is 4.98 Å². The maximum absolute atomic E-state index is 12.8. The van der Waals surface area contributed by atoms with Crippen molar-refractivity contribution >= 4 is 34.1 Å². The van der Waals surface area contributed by atoms with Crippen LogP contribution in [0.4, 0.5) is 5.13 Å². The van der Waals surface area contributed by atoms with Crippen LogP contribution in [0.25, 0.3) is 11.3 Å². The van der Waals surface area contributed by atoms with Crippen LogP contribution in [0, 0.1) is 0 Å². The molecule has 1 aromatic carbocycles. The Bertz CT molecular complexity index is 654. The lowest BCUT2D eigenvalue weighted by molar-refractivity contribution is -0.117. The van der Waals surface area contributed by atoms with Crippen molar-refractivity contribution in [2.24, 2.45) is 0 Å². The highest BCUT2D eigenvalue weighted by molar-refractivity contribution is 8.00. The molecular weight excluding hydrogens is 336 g/mol. The Morgan fingerprint density at radius 2 is 2.17 bits per heavy atom. The molecule has 0 saturated carbocycles. The molecule has 0 fully saturated rings. The molecule has 0 aliphatic rings. The summed E-state index contributed by atoms with van der Waals surface area (Å²) >= 11 is 3.22. The van der Waals surface area contributed by atoms with Gasteiger partial charge in [-0.3, -0.25) is 9.69 Å². The van der Waals surface area contributed by atoms with E-state index >= 15 is 0 Å². The molecule has 24 heavy (non-hydrogen) atoms. The maximum atomic E-state index is 12.8. The van der Waals surface area contributed by atoms with Gasteiger partial charge < -0.3 is 0 Å². The average Bonchev–Trinajstić information content (AvgIpc) is 3.09. The number of unbranched alkanes of at least 4 members (excludes halogenated alkanes) is 1. The predicted octanol–water partition coefficient (Wildman–Crippen LogP) is 5.25. The Balaban J connectivity index is 2.14. The highest BCUT2D eigenvalue weighted by Gasteiger charge is 2.23. The smallest absolute Gasteiger partial charge is 0.241 e. The highest BCUT2D eigenvalue weighted by atomic mass is 32.2. The normalized spacial score (nSPS) is 11.9. The average molecular weight is 361 g/mol. The van der Waals surface area contributed by atoms with E-state index in [1.807, 2.05) is 42.6 Å². The van der Waals surface area contributed by atoms with Crippen LogP contribution in [0.3, 0.4) is 0 Å². The van der Waals surface area contributed by atoms with Crippen molar-refractivity contribution in [3.63, 3.8) is 0 Å². The number of thioether (sulfide) groups is 1. The summed E-state index contributed by atoms with van der Waals surface area (Å²) in [6, 6.07) is 10.0. The summed E-state index contributed by atoms with van der Waals surface area (Å²) in [5, 5.41) is 2.67. The zero-order valence-corrected chi connectivity index (χ0v) is 15.9. The van der Waals surface area contributed by atoms with Gasteiger partial charge in [0.25, 0.3) is 0 Å². The quantitative estimate of drug-likeness (QED) is 0.452. The first kappa shape index (κ1) is 18.7. The lowest BCUT2D eigenvalue weighted by Gasteiger charge is -2.21. The molecule has 0 aliphatic carbocycles. The Kier molecular flexibility index (Phi) is 7.53. The van der Waals surface area contributed by atoms with Gasteiger partial charge in [0.1, 0.15) is 0 Å². The van der Waals surface area contributed by atoms with Crippen LogP contribution in [-0.2, 0) is 4.79 Å². The molecule has 128 valence electrons. The number of amides is 1. The Morgan fingerprint density at radius 3 is 2.83 bits per heavy atom.